The molecule has 0 aliphatic rings. The van der Waals surface area contributed by atoms with Gasteiger partial charge in [-0.3, -0.25) is 0 Å². The molecule has 0 unspecified atom stereocenters. The van der Waals surface area contributed by atoms with E-state index in [4.69, 9.17) is 9.47 Å². The third-order valence-electron chi connectivity index (χ3n) is 2.94. The van der Waals surface area contributed by atoms with Crippen molar-refractivity contribution in [2.75, 3.05) is 13.7 Å². The van der Waals surface area contributed by atoms with Gasteiger partial charge < -0.3 is 14.6 Å². The predicted octanol–water partition coefficient (Wildman–Crippen LogP) is 3.48. The van der Waals surface area contributed by atoms with E-state index in [1.165, 1.54) is 11.3 Å². The zero-order valence-corrected chi connectivity index (χ0v) is 13.0. The van der Waals surface area contributed by atoms with Crippen molar-refractivity contribution in [3.05, 3.63) is 28.8 Å². The molecule has 0 amide bonds. The molecule has 1 aromatic heterocycles. The van der Waals surface area contributed by atoms with Gasteiger partial charge in [0.15, 0.2) is 11.5 Å². The number of aryl methyl sites for hydroxylation is 1. The second-order valence-electron chi connectivity index (χ2n) is 4.25. The van der Waals surface area contributed by atoms with Crippen molar-refractivity contribution in [3.63, 3.8) is 0 Å². The summed E-state index contributed by atoms with van der Waals surface area (Å²) in [6.07, 6.45) is 0.590. The van der Waals surface area contributed by atoms with Crippen molar-refractivity contribution in [1.29, 1.82) is 0 Å². The third kappa shape index (κ3) is 3.16. The van der Waals surface area contributed by atoms with Crippen LogP contribution in [0.1, 0.15) is 29.2 Å². The Morgan fingerprint density at radius 1 is 1.33 bits per heavy atom. The number of carbonyl (C=O) groups is 1. The normalized spacial score (nSPS) is 10.4. The van der Waals surface area contributed by atoms with Crippen molar-refractivity contribution < 1.29 is 19.4 Å². The fraction of sp³-hybridized carbons (Fsp3) is 0.333. The molecule has 0 saturated carbocycles. The Morgan fingerprint density at radius 3 is 2.62 bits per heavy atom. The monoisotopic (exact) mass is 307 g/mol. The molecule has 0 bridgehead atoms. The van der Waals surface area contributed by atoms with Crippen LogP contribution in [0.25, 0.3) is 10.6 Å². The van der Waals surface area contributed by atoms with Crippen LogP contribution < -0.4 is 9.47 Å². The SMILES string of the molecule is CCOc1ccc(-c2nc(CC)c(C(=O)O)s2)cc1OC. The second-order valence-corrected chi connectivity index (χ2v) is 5.25. The number of carboxylic acids is 1. The lowest BCUT2D eigenvalue weighted by Crippen LogP contribution is -1.97. The Labute approximate surface area is 127 Å². The summed E-state index contributed by atoms with van der Waals surface area (Å²) in [6, 6.07) is 5.48. The van der Waals surface area contributed by atoms with Gasteiger partial charge in [0.1, 0.15) is 9.88 Å². The highest BCUT2D eigenvalue weighted by atomic mass is 32.1. The number of carboxylic acid groups (broad SMARTS) is 1. The van der Waals surface area contributed by atoms with E-state index in [-0.39, 0.29) is 0 Å². The van der Waals surface area contributed by atoms with Gasteiger partial charge in [-0.15, -0.1) is 11.3 Å². The van der Waals surface area contributed by atoms with Crippen molar-refractivity contribution in [3.8, 4) is 22.1 Å². The van der Waals surface area contributed by atoms with Gasteiger partial charge in [0.05, 0.1) is 19.4 Å². The molecular weight excluding hydrogens is 290 g/mol. The summed E-state index contributed by atoms with van der Waals surface area (Å²) < 4.78 is 10.8. The highest BCUT2D eigenvalue weighted by Crippen LogP contribution is 2.35. The van der Waals surface area contributed by atoms with Gasteiger partial charge in [-0.2, -0.15) is 0 Å². The Kier molecular flexibility index (Phi) is 4.80. The molecule has 0 aliphatic heterocycles. The van der Waals surface area contributed by atoms with E-state index < -0.39 is 5.97 Å². The number of aromatic nitrogens is 1. The number of thiazole rings is 1. The van der Waals surface area contributed by atoms with Gasteiger partial charge in [0.25, 0.3) is 0 Å². The molecule has 2 rings (SSSR count). The van der Waals surface area contributed by atoms with Crippen LogP contribution in [-0.2, 0) is 6.42 Å². The van der Waals surface area contributed by atoms with Crippen molar-refractivity contribution >= 4 is 17.3 Å². The van der Waals surface area contributed by atoms with Gasteiger partial charge in [-0.25, -0.2) is 9.78 Å². The maximum Gasteiger partial charge on any atom is 0.347 e. The zero-order chi connectivity index (χ0) is 15.4. The molecule has 21 heavy (non-hydrogen) atoms. The lowest BCUT2D eigenvalue weighted by molar-refractivity contribution is 0.0701. The van der Waals surface area contributed by atoms with Gasteiger partial charge >= 0.3 is 5.97 Å². The molecule has 1 N–H and O–H groups in total. The van der Waals surface area contributed by atoms with Gasteiger partial charge in [-0.05, 0) is 31.5 Å². The summed E-state index contributed by atoms with van der Waals surface area (Å²) in [7, 11) is 1.57. The number of aromatic carboxylic acids is 1. The smallest absolute Gasteiger partial charge is 0.347 e. The number of ether oxygens (including phenoxy) is 2. The number of methoxy groups -OCH3 is 1. The van der Waals surface area contributed by atoms with Crippen LogP contribution >= 0.6 is 11.3 Å². The van der Waals surface area contributed by atoms with Crippen LogP contribution in [0.15, 0.2) is 18.2 Å². The summed E-state index contributed by atoms with van der Waals surface area (Å²) in [5.41, 5.74) is 1.43. The standard InChI is InChI=1S/C15H17NO4S/c1-4-10-13(15(17)18)21-14(16-10)9-6-7-11(20-5-2)12(8-9)19-3/h6-8H,4-5H2,1-3H3,(H,17,18). The molecule has 5 nitrogen and oxygen atoms in total. The van der Waals surface area contributed by atoms with Crippen molar-refractivity contribution in [2.24, 2.45) is 0 Å². The fourth-order valence-electron chi connectivity index (χ4n) is 1.96. The Bertz CT molecular complexity index is 651. The molecule has 6 heteroatoms. The van der Waals surface area contributed by atoms with Gasteiger partial charge in [0.2, 0.25) is 0 Å². The van der Waals surface area contributed by atoms with E-state index in [0.29, 0.717) is 40.1 Å². The number of nitrogens with zero attached hydrogens (tertiary/aromatic N) is 1. The molecule has 0 fully saturated rings. The highest BCUT2D eigenvalue weighted by Gasteiger charge is 2.17. The molecule has 112 valence electrons. The maximum atomic E-state index is 11.2. The quantitative estimate of drug-likeness (QED) is 0.885. The van der Waals surface area contributed by atoms with E-state index in [2.05, 4.69) is 4.98 Å². The molecule has 0 saturated heterocycles. The average molecular weight is 307 g/mol. The van der Waals surface area contributed by atoms with E-state index >= 15 is 0 Å². The Hall–Kier alpha value is -2.08. The maximum absolute atomic E-state index is 11.2. The summed E-state index contributed by atoms with van der Waals surface area (Å²) in [6.45, 7) is 4.35. The number of rotatable bonds is 6. The van der Waals surface area contributed by atoms with Crippen LogP contribution in [-0.4, -0.2) is 29.8 Å². The number of benzene rings is 1. The lowest BCUT2D eigenvalue weighted by atomic mass is 10.2. The lowest BCUT2D eigenvalue weighted by Gasteiger charge is -2.09. The first kappa shape index (κ1) is 15.3. The first-order chi connectivity index (χ1) is 10.1. The first-order valence-electron chi connectivity index (χ1n) is 6.64. The van der Waals surface area contributed by atoms with E-state index in [1.54, 1.807) is 7.11 Å². The van der Waals surface area contributed by atoms with Crippen LogP contribution in [0.3, 0.4) is 0 Å². The molecule has 0 atom stereocenters. The minimum atomic E-state index is -0.937. The zero-order valence-electron chi connectivity index (χ0n) is 12.2. The second kappa shape index (κ2) is 6.58. The van der Waals surface area contributed by atoms with Crippen LogP contribution in [0, 0.1) is 0 Å². The van der Waals surface area contributed by atoms with Crippen LogP contribution in [0.2, 0.25) is 0 Å². The topological polar surface area (TPSA) is 68.7 Å². The summed E-state index contributed by atoms with van der Waals surface area (Å²) in [4.78, 5) is 15.9. The van der Waals surface area contributed by atoms with Gasteiger partial charge in [0, 0.05) is 5.56 Å². The number of hydrogen-bond donors (Lipinski definition) is 1. The highest BCUT2D eigenvalue weighted by molar-refractivity contribution is 7.17. The molecule has 2 aromatic rings. The molecule has 0 spiro atoms. The first-order valence-corrected chi connectivity index (χ1v) is 7.46. The van der Waals surface area contributed by atoms with E-state index in [9.17, 15) is 9.90 Å². The summed E-state index contributed by atoms with van der Waals surface area (Å²) >= 11 is 1.18. The Morgan fingerprint density at radius 2 is 2.10 bits per heavy atom. The summed E-state index contributed by atoms with van der Waals surface area (Å²) in [5.74, 6) is 0.336. The Balaban J connectivity index is 2.44. The molecule has 0 radical (unpaired) electrons. The molecule has 1 aromatic carbocycles. The largest absolute Gasteiger partial charge is 0.493 e. The van der Waals surface area contributed by atoms with Crippen molar-refractivity contribution in [1.82, 2.24) is 4.98 Å². The minimum absolute atomic E-state index is 0.292. The molecular formula is C15H17NO4S. The van der Waals surface area contributed by atoms with Gasteiger partial charge in [-0.1, -0.05) is 6.92 Å². The molecule has 0 aliphatic carbocycles. The predicted molar refractivity (Wildman–Crippen MR) is 81.6 cm³/mol. The fourth-order valence-corrected chi connectivity index (χ4v) is 2.95. The average Bonchev–Trinajstić information content (AvgIpc) is 2.92. The van der Waals surface area contributed by atoms with Crippen molar-refractivity contribution in [2.45, 2.75) is 20.3 Å². The van der Waals surface area contributed by atoms with Crippen LogP contribution in [0.5, 0.6) is 11.5 Å². The van der Waals surface area contributed by atoms with Crippen LogP contribution in [0.4, 0.5) is 0 Å². The third-order valence-corrected chi connectivity index (χ3v) is 4.07. The summed E-state index contributed by atoms with van der Waals surface area (Å²) in [5, 5.41) is 9.87. The molecule has 1 heterocycles. The van der Waals surface area contributed by atoms with E-state index in [0.717, 1.165) is 5.56 Å². The van der Waals surface area contributed by atoms with E-state index in [1.807, 2.05) is 32.0 Å². The minimum Gasteiger partial charge on any atom is -0.493 e. The number of hydrogen-bond acceptors (Lipinski definition) is 5.